The molecule has 3 aromatic rings. The first-order chi connectivity index (χ1) is 14.2. The van der Waals surface area contributed by atoms with Crippen LogP contribution in [0.2, 0.25) is 0 Å². The molecule has 0 aromatic heterocycles. The Labute approximate surface area is 178 Å². The molecule has 5 nitrogen and oxygen atoms in total. The maximum Gasteiger partial charge on any atom is 0.264 e. The predicted octanol–water partition coefficient (Wildman–Crippen LogP) is 4.40. The van der Waals surface area contributed by atoms with Crippen LogP contribution in [-0.2, 0) is 16.6 Å². The van der Waals surface area contributed by atoms with Gasteiger partial charge in [-0.2, -0.15) is 0 Å². The number of nitrogens with zero attached hydrogens (tertiary/aromatic N) is 2. The number of carbonyl (C=O) groups excluding carboxylic acids is 1. The van der Waals surface area contributed by atoms with Crippen molar-refractivity contribution in [2.24, 2.45) is 0 Å². The summed E-state index contributed by atoms with van der Waals surface area (Å²) in [7, 11) is -0.561. The van der Waals surface area contributed by atoms with Gasteiger partial charge in [0.15, 0.2) is 0 Å². The quantitative estimate of drug-likeness (QED) is 0.592. The van der Waals surface area contributed by atoms with Gasteiger partial charge in [-0.3, -0.25) is 9.10 Å². The van der Waals surface area contributed by atoms with E-state index in [4.69, 9.17) is 0 Å². The first kappa shape index (κ1) is 21.6. The summed E-state index contributed by atoms with van der Waals surface area (Å²) in [6.07, 6.45) is 0. The average molecular weight is 423 g/mol. The van der Waals surface area contributed by atoms with Crippen molar-refractivity contribution in [3.05, 3.63) is 95.1 Å². The average Bonchev–Trinajstić information content (AvgIpc) is 2.73. The maximum atomic E-state index is 13.2. The van der Waals surface area contributed by atoms with Crippen LogP contribution in [-0.4, -0.2) is 33.3 Å². The Morgan fingerprint density at radius 2 is 1.57 bits per heavy atom. The van der Waals surface area contributed by atoms with Crippen LogP contribution in [0.1, 0.15) is 27.0 Å². The molecule has 3 rings (SSSR count). The summed E-state index contributed by atoms with van der Waals surface area (Å²) in [5, 5.41) is 0. The molecule has 0 bridgehead atoms. The monoisotopic (exact) mass is 422 g/mol. The molecule has 1 amide bonds. The van der Waals surface area contributed by atoms with Crippen molar-refractivity contribution in [3.63, 3.8) is 0 Å². The first-order valence-electron chi connectivity index (χ1n) is 9.66. The highest BCUT2D eigenvalue weighted by Gasteiger charge is 2.24. The molecule has 3 aromatic carbocycles. The highest BCUT2D eigenvalue weighted by atomic mass is 32.2. The Morgan fingerprint density at radius 3 is 2.27 bits per heavy atom. The summed E-state index contributed by atoms with van der Waals surface area (Å²) in [5.41, 5.74) is 3.94. The number of hydrogen-bond donors (Lipinski definition) is 0. The van der Waals surface area contributed by atoms with Gasteiger partial charge < -0.3 is 4.90 Å². The van der Waals surface area contributed by atoms with E-state index in [1.165, 1.54) is 23.5 Å². The van der Waals surface area contributed by atoms with Gasteiger partial charge >= 0.3 is 0 Å². The van der Waals surface area contributed by atoms with Gasteiger partial charge in [-0.05, 0) is 49.2 Å². The molecule has 0 atom stereocenters. The van der Waals surface area contributed by atoms with Gasteiger partial charge in [0.2, 0.25) is 0 Å². The van der Waals surface area contributed by atoms with Crippen molar-refractivity contribution in [2.45, 2.75) is 25.3 Å². The number of hydrogen-bond acceptors (Lipinski definition) is 3. The third kappa shape index (κ3) is 4.54. The van der Waals surface area contributed by atoms with Gasteiger partial charge in [0.05, 0.1) is 10.6 Å². The predicted molar refractivity (Wildman–Crippen MR) is 120 cm³/mol. The molecule has 0 heterocycles. The fourth-order valence-corrected chi connectivity index (χ4v) is 4.68. The SMILES string of the molecule is Cc1cccc(CN(C)C(=O)c2cccc(S(=O)(=O)N(C)c3ccccc3C)c2)c1. The number of rotatable bonds is 6. The zero-order chi connectivity index (χ0) is 21.9. The lowest BCUT2D eigenvalue weighted by Crippen LogP contribution is -2.29. The van der Waals surface area contributed by atoms with Gasteiger partial charge in [0.1, 0.15) is 0 Å². The van der Waals surface area contributed by atoms with Gasteiger partial charge in [0, 0.05) is 26.2 Å². The van der Waals surface area contributed by atoms with Crippen LogP contribution in [0.25, 0.3) is 0 Å². The lowest BCUT2D eigenvalue weighted by atomic mass is 10.1. The summed E-state index contributed by atoms with van der Waals surface area (Å²) in [6, 6.07) is 21.4. The standard InChI is InChI=1S/C24H26N2O3S/c1-18-9-7-11-20(15-18)17-25(3)24(27)21-12-8-13-22(16-21)30(28,29)26(4)23-14-6-5-10-19(23)2/h5-16H,17H2,1-4H3. The molecule has 0 unspecified atom stereocenters. The van der Waals surface area contributed by atoms with Crippen LogP contribution in [0.3, 0.4) is 0 Å². The molecule has 30 heavy (non-hydrogen) atoms. The molecule has 0 fully saturated rings. The summed E-state index contributed by atoms with van der Waals surface area (Å²) in [6.45, 7) is 4.31. The number of sulfonamides is 1. The van der Waals surface area contributed by atoms with Crippen LogP contribution in [0.4, 0.5) is 5.69 Å². The Morgan fingerprint density at radius 1 is 0.867 bits per heavy atom. The molecule has 0 aliphatic carbocycles. The third-order valence-corrected chi connectivity index (χ3v) is 6.81. The van der Waals surface area contributed by atoms with Crippen LogP contribution in [0, 0.1) is 13.8 Å². The Hall–Kier alpha value is -3.12. The van der Waals surface area contributed by atoms with Gasteiger partial charge in [-0.1, -0.05) is 54.1 Å². The maximum absolute atomic E-state index is 13.2. The normalized spacial score (nSPS) is 11.2. The highest BCUT2D eigenvalue weighted by molar-refractivity contribution is 7.92. The zero-order valence-electron chi connectivity index (χ0n) is 17.7. The minimum Gasteiger partial charge on any atom is -0.337 e. The van der Waals surface area contributed by atoms with E-state index in [1.54, 1.807) is 36.2 Å². The molecule has 0 saturated heterocycles. The number of carbonyl (C=O) groups is 1. The van der Waals surface area contributed by atoms with Crippen LogP contribution in [0.15, 0.2) is 77.7 Å². The third-order valence-electron chi connectivity index (χ3n) is 5.04. The number of para-hydroxylation sites is 1. The van der Waals surface area contributed by atoms with Gasteiger partial charge in [-0.25, -0.2) is 8.42 Å². The molecular formula is C24H26N2O3S. The van der Waals surface area contributed by atoms with Crippen LogP contribution >= 0.6 is 0 Å². The molecule has 156 valence electrons. The highest BCUT2D eigenvalue weighted by Crippen LogP contribution is 2.25. The molecule has 6 heteroatoms. The van der Waals surface area contributed by atoms with Gasteiger partial charge in [0.25, 0.3) is 15.9 Å². The number of amides is 1. The minimum absolute atomic E-state index is 0.0862. The second kappa shape index (κ2) is 8.71. The van der Waals surface area contributed by atoms with E-state index in [9.17, 15) is 13.2 Å². The largest absolute Gasteiger partial charge is 0.337 e. The van der Waals surface area contributed by atoms with Gasteiger partial charge in [-0.15, -0.1) is 0 Å². The summed E-state index contributed by atoms with van der Waals surface area (Å²) in [5.74, 6) is -0.230. The smallest absolute Gasteiger partial charge is 0.264 e. The van der Waals surface area contributed by atoms with E-state index < -0.39 is 10.0 Å². The first-order valence-corrected chi connectivity index (χ1v) is 11.1. The number of benzene rings is 3. The lowest BCUT2D eigenvalue weighted by Gasteiger charge is -2.22. The molecule has 0 saturated carbocycles. The molecule has 0 spiro atoms. The van der Waals surface area contributed by atoms with Crippen LogP contribution in [0.5, 0.6) is 0 Å². The van der Waals surface area contributed by atoms with Crippen molar-refractivity contribution in [1.29, 1.82) is 0 Å². The fourth-order valence-electron chi connectivity index (χ4n) is 3.37. The van der Waals surface area contributed by atoms with Crippen molar-refractivity contribution < 1.29 is 13.2 Å². The van der Waals surface area contributed by atoms with Crippen molar-refractivity contribution in [2.75, 3.05) is 18.4 Å². The Kier molecular flexibility index (Phi) is 6.27. The fraction of sp³-hybridized carbons (Fsp3) is 0.208. The van der Waals surface area contributed by atoms with Crippen molar-refractivity contribution in [1.82, 2.24) is 4.90 Å². The van der Waals surface area contributed by atoms with E-state index >= 15 is 0 Å². The summed E-state index contributed by atoms with van der Waals surface area (Å²) in [4.78, 5) is 14.6. The summed E-state index contributed by atoms with van der Waals surface area (Å²) >= 11 is 0. The number of anilines is 1. The molecular weight excluding hydrogens is 396 g/mol. The van der Waals surface area contributed by atoms with E-state index in [0.717, 1.165) is 16.7 Å². The van der Waals surface area contributed by atoms with Crippen molar-refractivity contribution in [3.8, 4) is 0 Å². The minimum atomic E-state index is -3.80. The summed E-state index contributed by atoms with van der Waals surface area (Å²) < 4.78 is 27.6. The van der Waals surface area contributed by atoms with E-state index in [-0.39, 0.29) is 10.8 Å². The molecule has 0 radical (unpaired) electrons. The Balaban J connectivity index is 1.86. The topological polar surface area (TPSA) is 57.7 Å². The molecule has 0 aliphatic heterocycles. The molecule has 0 N–H and O–H groups in total. The molecule has 0 aliphatic rings. The number of aryl methyl sites for hydroxylation is 2. The second-order valence-corrected chi connectivity index (χ2v) is 9.41. The van der Waals surface area contributed by atoms with Crippen LogP contribution < -0.4 is 4.31 Å². The Bertz CT molecular complexity index is 1170. The van der Waals surface area contributed by atoms with Crippen molar-refractivity contribution >= 4 is 21.6 Å². The van der Waals surface area contributed by atoms with E-state index in [1.807, 2.05) is 50.2 Å². The lowest BCUT2D eigenvalue weighted by molar-refractivity contribution is 0.0785. The van der Waals surface area contributed by atoms with E-state index in [0.29, 0.717) is 17.8 Å². The van der Waals surface area contributed by atoms with E-state index in [2.05, 4.69) is 0 Å². The zero-order valence-corrected chi connectivity index (χ0v) is 18.5. The second-order valence-electron chi connectivity index (χ2n) is 7.44.